The Morgan fingerprint density at radius 2 is 1.75 bits per heavy atom. The lowest BCUT2D eigenvalue weighted by atomic mass is 10.1. The second-order valence-electron chi connectivity index (χ2n) is 6.45. The summed E-state index contributed by atoms with van der Waals surface area (Å²) >= 11 is 12.1. The number of ether oxygens (including phenoxy) is 1. The smallest absolute Gasteiger partial charge is 0.242 e. The summed E-state index contributed by atoms with van der Waals surface area (Å²) in [4.78, 5) is 13.4. The first-order valence-corrected chi connectivity index (χ1v) is 10.9. The van der Waals surface area contributed by atoms with Crippen LogP contribution in [0.2, 0.25) is 10.0 Å². The van der Waals surface area contributed by atoms with Crippen LogP contribution in [0.3, 0.4) is 0 Å². The number of methoxy groups -OCH3 is 1. The minimum Gasteiger partial charge on any atom is -0.495 e. The molecule has 0 bridgehead atoms. The number of likely N-dealkylation sites (tertiary alicyclic amines) is 1. The molecule has 0 atom stereocenters. The topological polar surface area (TPSA) is 75.7 Å². The molecular weight excluding hydrogens is 423 g/mol. The third-order valence-electron chi connectivity index (χ3n) is 4.55. The predicted octanol–water partition coefficient (Wildman–Crippen LogP) is 3.60. The Morgan fingerprint density at radius 1 is 1.07 bits per heavy atom. The van der Waals surface area contributed by atoms with Gasteiger partial charge < -0.3 is 9.64 Å². The molecule has 0 aromatic heterocycles. The van der Waals surface area contributed by atoms with Gasteiger partial charge in [-0.3, -0.25) is 4.79 Å². The van der Waals surface area contributed by atoms with Crippen molar-refractivity contribution in [2.24, 2.45) is 0 Å². The maximum Gasteiger partial charge on any atom is 0.242 e. The van der Waals surface area contributed by atoms with Crippen molar-refractivity contribution in [2.75, 3.05) is 13.7 Å². The van der Waals surface area contributed by atoms with E-state index >= 15 is 0 Å². The van der Waals surface area contributed by atoms with Gasteiger partial charge in [-0.1, -0.05) is 47.5 Å². The van der Waals surface area contributed by atoms with Gasteiger partial charge in [0.15, 0.2) is 0 Å². The molecule has 9 heteroatoms. The summed E-state index contributed by atoms with van der Waals surface area (Å²) in [5.74, 6) is 0.476. The Kier molecular flexibility index (Phi) is 6.50. The van der Waals surface area contributed by atoms with Gasteiger partial charge in [-0.2, -0.15) is 0 Å². The Bertz CT molecular complexity index is 978. The van der Waals surface area contributed by atoms with Gasteiger partial charge in [0, 0.05) is 26.1 Å². The highest BCUT2D eigenvalue weighted by molar-refractivity contribution is 7.89. The van der Waals surface area contributed by atoms with E-state index in [4.69, 9.17) is 27.9 Å². The molecule has 1 amide bonds. The van der Waals surface area contributed by atoms with Gasteiger partial charge in [0.25, 0.3) is 0 Å². The van der Waals surface area contributed by atoms with E-state index in [9.17, 15) is 13.2 Å². The number of halogens is 2. The normalized spacial score (nSPS) is 14.5. The summed E-state index contributed by atoms with van der Waals surface area (Å²) in [6.07, 6.45) is 1.51. The standard InChI is InChI=1S/C19H20Cl2N2O4S/c1-27-15-8-9-16(19(21)18(15)20)28(25,26)22-11-13-4-6-14(7-5-13)12-23-10-2-3-17(23)24/h4-9,22H,2-3,10-12H2,1H3. The van der Waals surface area contributed by atoms with Crippen LogP contribution in [0.15, 0.2) is 41.3 Å². The molecule has 2 aromatic carbocycles. The molecule has 0 aliphatic carbocycles. The molecule has 2 aromatic rings. The van der Waals surface area contributed by atoms with Crippen LogP contribution >= 0.6 is 23.2 Å². The Balaban J connectivity index is 1.66. The molecule has 6 nitrogen and oxygen atoms in total. The van der Waals surface area contributed by atoms with Crippen molar-refractivity contribution in [3.05, 3.63) is 57.6 Å². The number of carbonyl (C=O) groups is 1. The van der Waals surface area contributed by atoms with E-state index in [-0.39, 0.29) is 27.4 Å². The highest BCUT2D eigenvalue weighted by Crippen LogP contribution is 2.36. The van der Waals surface area contributed by atoms with E-state index in [2.05, 4.69) is 4.72 Å². The van der Waals surface area contributed by atoms with E-state index in [1.807, 2.05) is 29.2 Å². The first-order chi connectivity index (χ1) is 13.3. The van der Waals surface area contributed by atoms with Crippen molar-refractivity contribution >= 4 is 39.1 Å². The molecule has 1 saturated heterocycles. The maximum atomic E-state index is 12.6. The van der Waals surface area contributed by atoms with Crippen LogP contribution in [0, 0.1) is 0 Å². The van der Waals surface area contributed by atoms with Gasteiger partial charge in [-0.15, -0.1) is 0 Å². The molecular formula is C19H20Cl2N2O4S. The number of nitrogens with zero attached hydrogens (tertiary/aromatic N) is 1. The zero-order valence-electron chi connectivity index (χ0n) is 15.2. The van der Waals surface area contributed by atoms with Crippen molar-refractivity contribution in [1.82, 2.24) is 9.62 Å². The van der Waals surface area contributed by atoms with Gasteiger partial charge in [0.05, 0.1) is 12.1 Å². The number of amides is 1. The molecule has 28 heavy (non-hydrogen) atoms. The third kappa shape index (κ3) is 4.60. The highest BCUT2D eigenvalue weighted by Gasteiger charge is 2.22. The second-order valence-corrected chi connectivity index (χ2v) is 8.95. The summed E-state index contributed by atoms with van der Waals surface area (Å²) < 4.78 is 32.7. The number of benzene rings is 2. The zero-order valence-corrected chi connectivity index (χ0v) is 17.6. The largest absolute Gasteiger partial charge is 0.495 e. The SMILES string of the molecule is COc1ccc(S(=O)(=O)NCc2ccc(CN3CCCC3=O)cc2)c(Cl)c1Cl. The maximum absolute atomic E-state index is 12.6. The van der Waals surface area contributed by atoms with E-state index in [1.54, 1.807) is 0 Å². The second kappa shape index (κ2) is 8.69. The number of rotatable bonds is 7. The first kappa shape index (κ1) is 20.9. The summed E-state index contributed by atoms with van der Waals surface area (Å²) in [5.41, 5.74) is 1.79. The zero-order chi connectivity index (χ0) is 20.3. The van der Waals surface area contributed by atoms with E-state index in [0.717, 1.165) is 24.1 Å². The van der Waals surface area contributed by atoms with E-state index in [0.29, 0.717) is 18.7 Å². The van der Waals surface area contributed by atoms with Crippen LogP contribution in [0.5, 0.6) is 5.75 Å². The van der Waals surface area contributed by atoms with Crippen molar-refractivity contribution in [1.29, 1.82) is 0 Å². The number of nitrogens with one attached hydrogen (secondary N) is 1. The van der Waals surface area contributed by atoms with Crippen molar-refractivity contribution in [2.45, 2.75) is 30.8 Å². The van der Waals surface area contributed by atoms with Crippen molar-refractivity contribution in [3.8, 4) is 5.75 Å². The summed E-state index contributed by atoms with van der Waals surface area (Å²) in [7, 11) is -2.42. The minimum atomic E-state index is -3.85. The number of carbonyl (C=O) groups excluding carboxylic acids is 1. The lowest BCUT2D eigenvalue weighted by Crippen LogP contribution is -2.24. The highest BCUT2D eigenvalue weighted by atomic mass is 35.5. The Hall–Kier alpha value is -1.80. The van der Waals surface area contributed by atoms with Crippen LogP contribution in [-0.4, -0.2) is 32.9 Å². The van der Waals surface area contributed by atoms with Crippen LogP contribution < -0.4 is 9.46 Å². The summed E-state index contributed by atoms with van der Waals surface area (Å²) in [6.45, 7) is 1.46. The molecule has 0 saturated carbocycles. The van der Waals surface area contributed by atoms with Crippen molar-refractivity contribution < 1.29 is 17.9 Å². The van der Waals surface area contributed by atoms with Gasteiger partial charge in [0.2, 0.25) is 15.9 Å². The average molecular weight is 443 g/mol. The first-order valence-electron chi connectivity index (χ1n) is 8.69. The van der Waals surface area contributed by atoms with E-state index < -0.39 is 10.0 Å². The third-order valence-corrected chi connectivity index (χ3v) is 6.98. The number of hydrogen-bond acceptors (Lipinski definition) is 4. The van der Waals surface area contributed by atoms with Crippen LogP contribution in [0.1, 0.15) is 24.0 Å². The van der Waals surface area contributed by atoms with Crippen LogP contribution in [0.25, 0.3) is 0 Å². The predicted molar refractivity (Wildman–Crippen MR) is 108 cm³/mol. The molecule has 0 unspecified atom stereocenters. The van der Waals surface area contributed by atoms with Gasteiger partial charge >= 0.3 is 0 Å². The molecule has 1 aliphatic rings. The molecule has 1 heterocycles. The van der Waals surface area contributed by atoms with Crippen molar-refractivity contribution in [3.63, 3.8) is 0 Å². The molecule has 1 aliphatic heterocycles. The van der Waals surface area contributed by atoms with Crippen LogP contribution in [-0.2, 0) is 27.9 Å². The molecule has 1 fully saturated rings. The van der Waals surface area contributed by atoms with Crippen LogP contribution in [0.4, 0.5) is 0 Å². The number of hydrogen-bond donors (Lipinski definition) is 1. The van der Waals surface area contributed by atoms with Gasteiger partial charge in [-0.05, 0) is 29.7 Å². The Morgan fingerprint density at radius 3 is 2.36 bits per heavy atom. The fourth-order valence-corrected chi connectivity index (χ4v) is 4.85. The quantitative estimate of drug-likeness (QED) is 0.710. The summed E-state index contributed by atoms with van der Waals surface area (Å²) in [5, 5.41) is -0.0352. The Labute approximate surface area is 174 Å². The fourth-order valence-electron chi connectivity index (χ4n) is 2.99. The summed E-state index contributed by atoms with van der Waals surface area (Å²) in [6, 6.07) is 10.3. The average Bonchev–Trinajstić information content (AvgIpc) is 3.08. The van der Waals surface area contributed by atoms with Gasteiger partial charge in [0.1, 0.15) is 15.7 Å². The molecule has 150 valence electrons. The monoisotopic (exact) mass is 442 g/mol. The molecule has 0 spiro atoms. The van der Waals surface area contributed by atoms with E-state index in [1.165, 1.54) is 19.2 Å². The fraction of sp³-hybridized carbons (Fsp3) is 0.316. The molecule has 0 radical (unpaired) electrons. The lowest BCUT2D eigenvalue weighted by molar-refractivity contribution is -0.128. The number of sulfonamides is 1. The van der Waals surface area contributed by atoms with Gasteiger partial charge in [-0.25, -0.2) is 13.1 Å². The molecule has 1 N–H and O–H groups in total. The lowest BCUT2D eigenvalue weighted by Gasteiger charge is -2.15. The molecule has 3 rings (SSSR count). The minimum absolute atomic E-state index is 0.0489.